The summed E-state index contributed by atoms with van der Waals surface area (Å²) in [4.78, 5) is 0. The van der Waals surface area contributed by atoms with E-state index in [4.69, 9.17) is 29.4 Å². The predicted molar refractivity (Wildman–Crippen MR) is 100 cm³/mol. The Morgan fingerprint density at radius 1 is 0.696 bits per heavy atom. The van der Waals surface area contributed by atoms with Crippen LogP contribution in [0.3, 0.4) is 0 Å². The van der Waals surface area contributed by atoms with E-state index in [1.54, 1.807) is 0 Å². The Morgan fingerprint density at radius 3 is 1.35 bits per heavy atom. The predicted octanol–water partition coefficient (Wildman–Crippen LogP) is 1.62. The third-order valence-electron chi connectivity index (χ3n) is 2.80. The van der Waals surface area contributed by atoms with Crippen molar-refractivity contribution >= 4 is 45.5 Å². The van der Waals surface area contributed by atoms with Crippen LogP contribution in [-0.2, 0) is 29.4 Å². The quantitative estimate of drug-likeness (QED) is 0.645. The molecule has 23 heavy (non-hydrogen) atoms. The zero-order valence-electron chi connectivity index (χ0n) is 15.7. The van der Waals surface area contributed by atoms with Gasteiger partial charge in [-0.3, -0.25) is 0 Å². The second-order valence-corrected chi connectivity index (χ2v) is 18.6. The zero-order valence-corrected chi connectivity index (χ0v) is 21.2. The van der Waals surface area contributed by atoms with E-state index in [1.807, 2.05) is 60.4 Å². The van der Waals surface area contributed by atoms with Gasteiger partial charge in [-0.15, -0.1) is 0 Å². The Hall–Kier alpha value is 0.804. The molecule has 138 valence electrons. The molecule has 0 aromatic rings. The van der Waals surface area contributed by atoms with Crippen LogP contribution in [0.15, 0.2) is 0 Å². The lowest BCUT2D eigenvalue weighted by Crippen LogP contribution is -2.61. The minimum absolute atomic E-state index is 0.00584. The minimum atomic E-state index is -2.92. The molecule has 0 amide bonds. The highest BCUT2D eigenvalue weighted by atomic mass is 28.5. The summed E-state index contributed by atoms with van der Waals surface area (Å²) in [5.74, 6) is 0. The van der Waals surface area contributed by atoms with Crippen LogP contribution >= 0.6 is 0 Å². The first-order valence-corrected chi connectivity index (χ1v) is 18.9. The van der Waals surface area contributed by atoms with Crippen molar-refractivity contribution in [2.75, 3.05) is 0 Å². The summed E-state index contributed by atoms with van der Waals surface area (Å²) >= 11 is 0. The summed E-state index contributed by atoms with van der Waals surface area (Å²) in [6, 6.07) is 0. The van der Waals surface area contributed by atoms with Crippen LogP contribution in [0.4, 0.5) is 0 Å². The lowest BCUT2D eigenvalue weighted by molar-refractivity contribution is 0.0621. The van der Waals surface area contributed by atoms with E-state index < -0.39 is 45.5 Å². The van der Waals surface area contributed by atoms with Crippen molar-refractivity contribution in [3.8, 4) is 0 Å². The minimum Gasteiger partial charge on any atom is -0.420 e. The molecular formula is C11H32O7Si5. The highest BCUT2D eigenvalue weighted by Gasteiger charge is 2.51. The van der Waals surface area contributed by atoms with Gasteiger partial charge >= 0.3 is 36.2 Å². The summed E-state index contributed by atoms with van der Waals surface area (Å²) < 4.78 is 42.6. The van der Waals surface area contributed by atoms with E-state index in [0.717, 1.165) is 0 Å². The molecule has 12 heteroatoms. The van der Waals surface area contributed by atoms with E-state index in [-0.39, 0.29) is 12.2 Å². The molecule has 0 saturated carbocycles. The van der Waals surface area contributed by atoms with Crippen molar-refractivity contribution in [3.63, 3.8) is 0 Å². The van der Waals surface area contributed by atoms with E-state index in [2.05, 4.69) is 0 Å². The van der Waals surface area contributed by atoms with Crippen LogP contribution in [0, 0.1) is 0 Å². The molecule has 4 atom stereocenters. The summed E-state index contributed by atoms with van der Waals surface area (Å²) in [6.45, 7) is 17.7. The van der Waals surface area contributed by atoms with Gasteiger partial charge in [0.25, 0.3) is 9.28 Å². The fraction of sp³-hybridized carbons (Fsp3) is 1.00. The molecule has 0 aliphatic carbocycles. The molecule has 0 spiro atoms. The van der Waals surface area contributed by atoms with Crippen molar-refractivity contribution in [1.29, 1.82) is 0 Å². The third-order valence-corrected chi connectivity index (χ3v) is 19.8. The molecule has 1 aliphatic heterocycles. The molecule has 1 fully saturated rings. The van der Waals surface area contributed by atoms with E-state index in [9.17, 15) is 0 Å². The van der Waals surface area contributed by atoms with Gasteiger partial charge in [0.2, 0.25) is 0 Å². The van der Waals surface area contributed by atoms with Gasteiger partial charge in [-0.05, 0) is 47.3 Å². The van der Waals surface area contributed by atoms with Gasteiger partial charge in [0.1, 0.15) is 0 Å². The number of hydrogen-bond acceptors (Lipinski definition) is 7. The Morgan fingerprint density at radius 2 is 1.04 bits per heavy atom. The van der Waals surface area contributed by atoms with E-state index in [1.165, 1.54) is 0 Å². The van der Waals surface area contributed by atoms with Crippen LogP contribution in [0.2, 0.25) is 32.7 Å². The number of hydrogen-bond donors (Lipinski definition) is 0. The molecule has 0 N–H and O–H groups in total. The highest BCUT2D eigenvalue weighted by Crippen LogP contribution is 2.25. The first-order chi connectivity index (χ1) is 10.4. The fourth-order valence-corrected chi connectivity index (χ4v) is 20.5. The van der Waals surface area contributed by atoms with Crippen LogP contribution in [0.25, 0.3) is 0 Å². The maximum absolute atomic E-state index is 6.31. The molecule has 0 bridgehead atoms. The smallest absolute Gasteiger partial charge is 0.420 e. The van der Waals surface area contributed by atoms with Crippen LogP contribution in [-0.4, -0.2) is 57.7 Å². The van der Waals surface area contributed by atoms with Crippen molar-refractivity contribution in [2.24, 2.45) is 0 Å². The molecular weight excluding hydrogens is 385 g/mol. The van der Waals surface area contributed by atoms with Crippen molar-refractivity contribution in [2.45, 2.75) is 72.6 Å². The average molecular weight is 417 g/mol. The highest BCUT2D eigenvalue weighted by molar-refractivity contribution is 6.81. The molecule has 0 radical (unpaired) electrons. The molecule has 1 heterocycles. The fourth-order valence-electron chi connectivity index (χ4n) is 2.58. The first-order valence-electron chi connectivity index (χ1n) is 8.15. The van der Waals surface area contributed by atoms with Gasteiger partial charge in [-0.1, -0.05) is 0 Å². The lowest BCUT2D eigenvalue weighted by atomic mass is 10.5. The molecule has 1 rings (SSSR count). The largest absolute Gasteiger partial charge is 0.481 e. The molecule has 0 aromatic carbocycles. The SMILES string of the molecule is CC(C)O[Si]1(C)O[SiH](C)O[SiH](C)O[SiH](C)O[Si](C)(OC(C)C)O1. The van der Waals surface area contributed by atoms with Crippen LogP contribution in [0.1, 0.15) is 27.7 Å². The topological polar surface area (TPSA) is 64.6 Å². The van der Waals surface area contributed by atoms with Crippen molar-refractivity contribution in [1.82, 2.24) is 0 Å². The second-order valence-electron chi connectivity index (χ2n) is 6.37. The van der Waals surface area contributed by atoms with Gasteiger partial charge in [-0.2, -0.15) is 0 Å². The van der Waals surface area contributed by atoms with Gasteiger partial charge < -0.3 is 29.4 Å². The molecule has 4 unspecified atom stereocenters. The van der Waals surface area contributed by atoms with Crippen LogP contribution in [0.5, 0.6) is 0 Å². The maximum atomic E-state index is 6.31. The van der Waals surface area contributed by atoms with E-state index in [0.29, 0.717) is 0 Å². The molecule has 7 nitrogen and oxygen atoms in total. The third kappa shape index (κ3) is 8.15. The summed E-state index contributed by atoms with van der Waals surface area (Å²) in [7, 11) is -11.4. The van der Waals surface area contributed by atoms with Crippen LogP contribution < -0.4 is 0 Å². The molecule has 1 saturated heterocycles. The normalized spacial score (nSPS) is 40.6. The van der Waals surface area contributed by atoms with Crippen molar-refractivity contribution in [3.05, 3.63) is 0 Å². The first kappa shape index (κ1) is 21.8. The lowest BCUT2D eigenvalue weighted by Gasteiger charge is -2.40. The maximum Gasteiger partial charge on any atom is 0.481 e. The number of rotatable bonds is 4. The molecule has 0 aromatic heterocycles. The average Bonchev–Trinajstić information content (AvgIpc) is 2.20. The summed E-state index contributed by atoms with van der Waals surface area (Å²) in [5, 5.41) is 0. The Labute approximate surface area is 147 Å². The Bertz CT molecular complexity index is 345. The summed E-state index contributed by atoms with van der Waals surface area (Å²) in [5.41, 5.74) is 0. The van der Waals surface area contributed by atoms with Gasteiger partial charge in [0.15, 0.2) is 0 Å². The Balaban J connectivity index is 3.08. The Kier molecular flexibility index (Phi) is 8.50. The van der Waals surface area contributed by atoms with Crippen molar-refractivity contribution < 1.29 is 29.4 Å². The standard InChI is InChI=1S/C11H32O7Si5/c1-10(2)12-22(8)16-20(6)14-19(5)15-21(7)17-23(9,18-22)13-11(3)4/h10-11,19-21H,1-9H3. The van der Waals surface area contributed by atoms with Gasteiger partial charge in [0.05, 0.1) is 0 Å². The second kappa shape index (κ2) is 8.95. The van der Waals surface area contributed by atoms with Gasteiger partial charge in [-0.25, -0.2) is 0 Å². The summed E-state index contributed by atoms with van der Waals surface area (Å²) in [6.07, 6.45) is -0.0117. The van der Waals surface area contributed by atoms with Gasteiger partial charge in [0, 0.05) is 25.3 Å². The molecule has 1 aliphatic rings. The zero-order chi connectivity index (χ0) is 17.8. The monoisotopic (exact) mass is 416 g/mol. The van der Waals surface area contributed by atoms with E-state index >= 15 is 0 Å².